The number of benzene rings is 1. The molecule has 0 saturated carbocycles. The van der Waals surface area contributed by atoms with Gasteiger partial charge in [0, 0.05) is 32.9 Å². The van der Waals surface area contributed by atoms with Crippen LogP contribution >= 0.6 is 0 Å². The van der Waals surface area contributed by atoms with Crippen molar-refractivity contribution in [1.82, 2.24) is 8.61 Å². The van der Waals surface area contributed by atoms with E-state index in [1.54, 1.807) is 0 Å². The van der Waals surface area contributed by atoms with Crippen LogP contribution < -0.4 is 5.32 Å². The van der Waals surface area contributed by atoms with Gasteiger partial charge in [-0.2, -0.15) is 17.0 Å². The molecule has 25 heavy (non-hydrogen) atoms. The van der Waals surface area contributed by atoms with Crippen LogP contribution in [0.4, 0.5) is 5.69 Å². The Morgan fingerprint density at radius 1 is 1.32 bits per heavy atom. The summed E-state index contributed by atoms with van der Waals surface area (Å²) in [6.07, 6.45) is 1.39. The van der Waals surface area contributed by atoms with Gasteiger partial charge in [0.25, 0.3) is 10.2 Å². The van der Waals surface area contributed by atoms with Crippen LogP contribution in [-0.2, 0) is 15.0 Å². The molecule has 7 heteroatoms. The molecule has 140 valence electrons. The van der Waals surface area contributed by atoms with Crippen LogP contribution in [0.3, 0.4) is 0 Å². The maximum absolute atomic E-state index is 12.8. The number of nitrogens with zero attached hydrogens (tertiary/aromatic N) is 2. The van der Waals surface area contributed by atoms with E-state index in [9.17, 15) is 13.2 Å². The van der Waals surface area contributed by atoms with E-state index in [2.05, 4.69) is 19.2 Å². The lowest BCUT2D eigenvalue weighted by Gasteiger charge is -2.33. The molecular weight excluding hydrogens is 338 g/mol. The number of anilines is 1. The van der Waals surface area contributed by atoms with Crippen molar-refractivity contribution in [2.45, 2.75) is 39.5 Å². The van der Waals surface area contributed by atoms with Gasteiger partial charge in [0.05, 0.1) is 5.92 Å². The summed E-state index contributed by atoms with van der Waals surface area (Å²) in [7, 11) is -0.452. The highest BCUT2D eigenvalue weighted by molar-refractivity contribution is 7.86. The van der Waals surface area contributed by atoms with Gasteiger partial charge >= 0.3 is 0 Å². The third-order valence-electron chi connectivity index (χ3n) is 4.72. The third kappa shape index (κ3) is 4.40. The van der Waals surface area contributed by atoms with E-state index in [1.807, 2.05) is 25.1 Å². The average molecular weight is 368 g/mol. The standard InChI is InChI=1S/C18H29N3O3S/c1-13(2)16-10-6-8-14(3)17(16)19-18(22)15-9-7-11-21(12-15)25(23,24)20(4)5/h6,8,10,13,15H,7,9,11-12H2,1-5H3,(H,19,22)/t15-/m0/s1. The van der Waals surface area contributed by atoms with Crippen LogP contribution in [0.15, 0.2) is 18.2 Å². The summed E-state index contributed by atoms with van der Waals surface area (Å²) >= 11 is 0. The first-order valence-corrected chi connectivity index (χ1v) is 10.1. The Bertz CT molecular complexity index is 729. The molecule has 0 aliphatic carbocycles. The predicted molar refractivity (Wildman–Crippen MR) is 101 cm³/mol. The van der Waals surface area contributed by atoms with E-state index in [-0.39, 0.29) is 18.4 Å². The molecular formula is C18H29N3O3S. The number of aryl methyl sites for hydroxylation is 1. The van der Waals surface area contributed by atoms with Crippen molar-refractivity contribution in [2.24, 2.45) is 5.92 Å². The lowest BCUT2D eigenvalue weighted by Crippen LogP contribution is -2.47. The van der Waals surface area contributed by atoms with Gasteiger partial charge in [0.15, 0.2) is 0 Å². The van der Waals surface area contributed by atoms with Crippen LogP contribution in [0.1, 0.15) is 43.7 Å². The minimum absolute atomic E-state index is 0.102. The first kappa shape index (κ1) is 19.9. The summed E-state index contributed by atoms with van der Waals surface area (Å²) in [4.78, 5) is 12.8. The Morgan fingerprint density at radius 2 is 2.00 bits per heavy atom. The van der Waals surface area contributed by atoms with Crippen LogP contribution in [0.5, 0.6) is 0 Å². The molecule has 0 spiro atoms. The Labute approximate surface area is 151 Å². The van der Waals surface area contributed by atoms with Crippen molar-refractivity contribution in [3.63, 3.8) is 0 Å². The lowest BCUT2D eigenvalue weighted by molar-refractivity contribution is -0.120. The summed E-state index contributed by atoms with van der Waals surface area (Å²) in [6.45, 7) is 6.86. The summed E-state index contributed by atoms with van der Waals surface area (Å²) in [5.41, 5.74) is 2.98. The highest BCUT2D eigenvalue weighted by atomic mass is 32.2. The molecule has 1 aromatic carbocycles. The van der Waals surface area contributed by atoms with E-state index in [0.717, 1.165) is 16.8 Å². The van der Waals surface area contributed by atoms with Gasteiger partial charge in [0.1, 0.15) is 0 Å². The maximum Gasteiger partial charge on any atom is 0.281 e. The van der Waals surface area contributed by atoms with Crippen molar-refractivity contribution in [1.29, 1.82) is 0 Å². The Kier molecular flexibility index (Phi) is 6.24. The molecule has 1 atom stereocenters. The predicted octanol–water partition coefficient (Wildman–Crippen LogP) is 2.58. The monoisotopic (exact) mass is 367 g/mol. The molecule has 1 saturated heterocycles. The molecule has 1 amide bonds. The molecule has 1 aliphatic heterocycles. The van der Waals surface area contributed by atoms with Gasteiger partial charge in [-0.3, -0.25) is 4.79 Å². The number of hydrogen-bond donors (Lipinski definition) is 1. The molecule has 1 heterocycles. The van der Waals surface area contributed by atoms with Crippen molar-refractivity contribution in [3.05, 3.63) is 29.3 Å². The number of para-hydroxylation sites is 1. The van der Waals surface area contributed by atoms with Gasteiger partial charge in [-0.1, -0.05) is 32.0 Å². The summed E-state index contributed by atoms with van der Waals surface area (Å²) in [6, 6.07) is 5.99. The molecule has 1 aliphatic rings. The molecule has 0 radical (unpaired) electrons. The van der Waals surface area contributed by atoms with E-state index >= 15 is 0 Å². The van der Waals surface area contributed by atoms with Crippen molar-refractivity contribution < 1.29 is 13.2 Å². The van der Waals surface area contributed by atoms with Gasteiger partial charge in [-0.25, -0.2) is 0 Å². The number of rotatable bonds is 5. The number of carbonyl (C=O) groups is 1. The number of piperidine rings is 1. The molecule has 0 unspecified atom stereocenters. The molecule has 0 bridgehead atoms. The SMILES string of the molecule is Cc1cccc(C(C)C)c1NC(=O)[C@H]1CCCN(S(=O)(=O)N(C)C)C1. The first-order chi connectivity index (χ1) is 11.6. The normalized spacial score (nSPS) is 19.4. The lowest BCUT2D eigenvalue weighted by atomic mass is 9.95. The van der Waals surface area contributed by atoms with Crippen LogP contribution in [0.2, 0.25) is 0 Å². The topological polar surface area (TPSA) is 69.7 Å². The molecule has 0 aromatic heterocycles. The first-order valence-electron chi connectivity index (χ1n) is 8.72. The Hall–Kier alpha value is -1.44. The van der Waals surface area contributed by atoms with E-state index in [0.29, 0.717) is 25.3 Å². The number of carbonyl (C=O) groups excluding carboxylic acids is 1. The summed E-state index contributed by atoms with van der Waals surface area (Å²) < 4.78 is 27.3. The van der Waals surface area contributed by atoms with E-state index < -0.39 is 10.2 Å². The van der Waals surface area contributed by atoms with Crippen LogP contribution in [-0.4, -0.2) is 50.1 Å². The highest BCUT2D eigenvalue weighted by Crippen LogP contribution is 2.29. The van der Waals surface area contributed by atoms with Gasteiger partial charge in [-0.05, 0) is 36.8 Å². The second-order valence-electron chi connectivity index (χ2n) is 7.17. The van der Waals surface area contributed by atoms with E-state index in [4.69, 9.17) is 0 Å². The number of hydrogen-bond acceptors (Lipinski definition) is 3. The average Bonchev–Trinajstić information content (AvgIpc) is 2.56. The molecule has 1 N–H and O–H groups in total. The van der Waals surface area contributed by atoms with Gasteiger partial charge < -0.3 is 5.32 Å². The van der Waals surface area contributed by atoms with Gasteiger partial charge in [-0.15, -0.1) is 0 Å². The number of nitrogens with one attached hydrogen (secondary N) is 1. The van der Waals surface area contributed by atoms with E-state index in [1.165, 1.54) is 22.7 Å². The second-order valence-corrected chi connectivity index (χ2v) is 9.31. The van der Waals surface area contributed by atoms with Crippen molar-refractivity contribution in [3.8, 4) is 0 Å². The van der Waals surface area contributed by atoms with Crippen molar-refractivity contribution >= 4 is 21.8 Å². The minimum Gasteiger partial charge on any atom is -0.325 e. The third-order valence-corrected chi connectivity index (χ3v) is 6.62. The zero-order valence-corrected chi connectivity index (χ0v) is 16.6. The summed E-state index contributed by atoms with van der Waals surface area (Å²) in [5, 5.41) is 3.06. The molecule has 1 aromatic rings. The largest absolute Gasteiger partial charge is 0.325 e. The highest BCUT2D eigenvalue weighted by Gasteiger charge is 2.33. The fourth-order valence-electron chi connectivity index (χ4n) is 3.16. The quantitative estimate of drug-likeness (QED) is 0.869. The summed E-state index contributed by atoms with van der Waals surface area (Å²) in [5.74, 6) is -0.134. The minimum atomic E-state index is -3.48. The zero-order valence-electron chi connectivity index (χ0n) is 15.7. The number of amides is 1. The van der Waals surface area contributed by atoms with Crippen LogP contribution in [0, 0.1) is 12.8 Å². The fraction of sp³-hybridized carbons (Fsp3) is 0.611. The van der Waals surface area contributed by atoms with Crippen molar-refractivity contribution in [2.75, 3.05) is 32.5 Å². The zero-order chi connectivity index (χ0) is 18.8. The smallest absolute Gasteiger partial charge is 0.281 e. The maximum atomic E-state index is 12.8. The van der Waals surface area contributed by atoms with Gasteiger partial charge in [0.2, 0.25) is 5.91 Å². The molecule has 1 fully saturated rings. The fourth-order valence-corrected chi connectivity index (χ4v) is 4.35. The molecule has 2 rings (SSSR count). The molecule has 6 nitrogen and oxygen atoms in total. The Balaban J connectivity index is 2.17. The van der Waals surface area contributed by atoms with Crippen LogP contribution in [0.25, 0.3) is 0 Å². The Morgan fingerprint density at radius 3 is 2.60 bits per heavy atom. The second kappa shape index (κ2) is 7.85.